The lowest BCUT2D eigenvalue weighted by Crippen LogP contribution is -2.00. The van der Waals surface area contributed by atoms with Gasteiger partial charge in [0.25, 0.3) is 0 Å². The molecule has 18 heavy (non-hydrogen) atoms. The van der Waals surface area contributed by atoms with E-state index in [-0.39, 0.29) is 0 Å². The summed E-state index contributed by atoms with van der Waals surface area (Å²) in [6, 6.07) is 7.31. The van der Waals surface area contributed by atoms with Gasteiger partial charge in [-0.1, -0.05) is 23.2 Å². The van der Waals surface area contributed by atoms with E-state index in [0.29, 0.717) is 27.1 Å². The van der Waals surface area contributed by atoms with Gasteiger partial charge in [-0.2, -0.15) is 10.4 Å². The molecule has 0 fully saturated rings. The zero-order chi connectivity index (χ0) is 13.3. The van der Waals surface area contributed by atoms with Crippen LogP contribution in [0.1, 0.15) is 11.3 Å². The average Bonchev–Trinajstić information content (AvgIpc) is 2.58. The van der Waals surface area contributed by atoms with Gasteiger partial charge in [-0.25, -0.2) is 0 Å². The van der Waals surface area contributed by atoms with Gasteiger partial charge >= 0.3 is 0 Å². The quantitative estimate of drug-likeness (QED) is 0.914. The molecular weight excluding hydrogens is 271 g/mol. The number of benzene rings is 1. The molecule has 1 aromatic carbocycles. The number of hydrogen-bond acceptors (Lipinski definition) is 3. The van der Waals surface area contributed by atoms with E-state index >= 15 is 0 Å². The van der Waals surface area contributed by atoms with Crippen molar-refractivity contribution in [1.82, 2.24) is 9.78 Å². The van der Waals surface area contributed by atoms with Crippen molar-refractivity contribution >= 4 is 34.7 Å². The minimum absolute atomic E-state index is 0.457. The maximum atomic E-state index is 9.10. The average molecular weight is 281 g/mol. The number of aryl methyl sites for hydroxylation is 2. The molecule has 92 valence electrons. The molecule has 0 spiro atoms. The summed E-state index contributed by atoms with van der Waals surface area (Å²) in [4.78, 5) is 0. The molecule has 0 saturated heterocycles. The highest BCUT2D eigenvalue weighted by molar-refractivity contribution is 6.42. The second kappa shape index (κ2) is 4.89. The van der Waals surface area contributed by atoms with E-state index in [1.54, 1.807) is 36.9 Å². The number of hydrogen-bond donors (Lipinski definition) is 1. The third kappa shape index (κ3) is 2.28. The summed E-state index contributed by atoms with van der Waals surface area (Å²) >= 11 is 11.8. The molecule has 1 aromatic heterocycles. The first-order valence-electron chi connectivity index (χ1n) is 5.18. The molecule has 0 amide bonds. The zero-order valence-electron chi connectivity index (χ0n) is 9.83. The lowest BCUT2D eigenvalue weighted by molar-refractivity contribution is 0.765. The van der Waals surface area contributed by atoms with Crippen LogP contribution in [-0.4, -0.2) is 9.78 Å². The highest BCUT2D eigenvalue weighted by atomic mass is 35.5. The van der Waals surface area contributed by atoms with Crippen molar-refractivity contribution < 1.29 is 0 Å². The second-order valence-corrected chi connectivity index (χ2v) is 4.61. The Bertz CT molecular complexity index is 640. The summed E-state index contributed by atoms with van der Waals surface area (Å²) in [6.45, 7) is 1.79. The zero-order valence-corrected chi connectivity index (χ0v) is 11.3. The fraction of sp³-hybridized carbons (Fsp3) is 0.167. The van der Waals surface area contributed by atoms with E-state index in [2.05, 4.69) is 16.5 Å². The van der Waals surface area contributed by atoms with Crippen LogP contribution in [0.15, 0.2) is 18.2 Å². The number of anilines is 2. The van der Waals surface area contributed by atoms with Gasteiger partial charge in [-0.05, 0) is 25.1 Å². The van der Waals surface area contributed by atoms with Crippen molar-refractivity contribution in [3.8, 4) is 6.07 Å². The summed E-state index contributed by atoms with van der Waals surface area (Å²) in [7, 11) is 1.77. The molecule has 0 unspecified atom stereocenters. The SMILES string of the molecule is Cc1nn(C)c(Nc2ccc(Cl)c(Cl)c2)c1C#N. The van der Waals surface area contributed by atoms with Crippen LogP contribution in [0.25, 0.3) is 0 Å². The van der Waals surface area contributed by atoms with Crippen LogP contribution in [0.5, 0.6) is 0 Å². The lowest BCUT2D eigenvalue weighted by atomic mass is 10.2. The number of halogens is 2. The molecule has 1 heterocycles. The first-order chi connectivity index (χ1) is 8.52. The van der Waals surface area contributed by atoms with Gasteiger partial charge in [0, 0.05) is 12.7 Å². The van der Waals surface area contributed by atoms with Gasteiger partial charge < -0.3 is 5.32 Å². The second-order valence-electron chi connectivity index (χ2n) is 3.80. The molecular formula is C12H10Cl2N4. The molecule has 2 rings (SSSR count). The molecule has 0 saturated carbocycles. The number of aromatic nitrogens is 2. The predicted octanol–water partition coefficient (Wildman–Crippen LogP) is 3.65. The van der Waals surface area contributed by atoms with Crippen LogP contribution in [0.2, 0.25) is 10.0 Å². The highest BCUT2D eigenvalue weighted by Gasteiger charge is 2.13. The van der Waals surface area contributed by atoms with Crippen LogP contribution in [-0.2, 0) is 7.05 Å². The van der Waals surface area contributed by atoms with Crippen molar-refractivity contribution in [3.63, 3.8) is 0 Å². The van der Waals surface area contributed by atoms with Crippen molar-refractivity contribution in [1.29, 1.82) is 5.26 Å². The van der Waals surface area contributed by atoms with Crippen molar-refractivity contribution in [2.75, 3.05) is 5.32 Å². The van der Waals surface area contributed by atoms with Crippen LogP contribution in [0.3, 0.4) is 0 Å². The summed E-state index contributed by atoms with van der Waals surface area (Å²) < 4.78 is 1.62. The van der Waals surface area contributed by atoms with Crippen molar-refractivity contribution in [3.05, 3.63) is 39.5 Å². The third-order valence-electron chi connectivity index (χ3n) is 2.52. The largest absolute Gasteiger partial charge is 0.339 e. The molecule has 0 atom stereocenters. The maximum Gasteiger partial charge on any atom is 0.146 e. The van der Waals surface area contributed by atoms with Crippen LogP contribution >= 0.6 is 23.2 Å². The Morgan fingerprint density at radius 1 is 1.33 bits per heavy atom. The van der Waals surface area contributed by atoms with Crippen LogP contribution in [0, 0.1) is 18.3 Å². The van der Waals surface area contributed by atoms with Gasteiger partial charge in [0.05, 0.1) is 15.7 Å². The standard InChI is InChI=1S/C12H10Cl2N4/c1-7-9(6-15)12(18(2)17-7)16-8-3-4-10(13)11(14)5-8/h3-5,16H,1-2H3. The Morgan fingerprint density at radius 2 is 2.06 bits per heavy atom. The highest BCUT2D eigenvalue weighted by Crippen LogP contribution is 2.28. The molecule has 0 radical (unpaired) electrons. The Labute approximate surface area is 115 Å². The van der Waals surface area contributed by atoms with E-state index < -0.39 is 0 Å². The van der Waals surface area contributed by atoms with E-state index in [1.165, 1.54) is 0 Å². The third-order valence-corrected chi connectivity index (χ3v) is 3.26. The maximum absolute atomic E-state index is 9.10. The van der Waals surface area contributed by atoms with E-state index in [0.717, 1.165) is 5.69 Å². The molecule has 6 heteroatoms. The van der Waals surface area contributed by atoms with Crippen LogP contribution in [0.4, 0.5) is 11.5 Å². The van der Waals surface area contributed by atoms with E-state index in [1.807, 2.05) is 0 Å². The fourth-order valence-corrected chi connectivity index (χ4v) is 1.94. The minimum Gasteiger partial charge on any atom is -0.339 e. The van der Waals surface area contributed by atoms with Crippen molar-refractivity contribution in [2.24, 2.45) is 7.05 Å². The monoisotopic (exact) mass is 280 g/mol. The Kier molecular flexibility index (Phi) is 3.46. The van der Waals surface area contributed by atoms with Gasteiger partial charge in [0.2, 0.25) is 0 Å². The molecule has 2 aromatic rings. The summed E-state index contributed by atoms with van der Waals surface area (Å²) in [5.74, 6) is 0.633. The first kappa shape index (κ1) is 12.7. The van der Waals surface area contributed by atoms with Gasteiger partial charge in [0.1, 0.15) is 17.5 Å². The molecule has 4 nitrogen and oxygen atoms in total. The number of nitrogens with zero attached hydrogens (tertiary/aromatic N) is 3. The molecule has 0 aliphatic carbocycles. The first-order valence-corrected chi connectivity index (χ1v) is 5.94. The van der Waals surface area contributed by atoms with Gasteiger partial charge in [-0.3, -0.25) is 4.68 Å². The fourth-order valence-electron chi connectivity index (χ4n) is 1.65. The topological polar surface area (TPSA) is 53.6 Å². The van der Waals surface area contributed by atoms with Gasteiger partial charge in [0.15, 0.2) is 0 Å². The number of nitrogens with one attached hydrogen (secondary N) is 1. The smallest absolute Gasteiger partial charge is 0.146 e. The predicted molar refractivity (Wildman–Crippen MR) is 72.4 cm³/mol. The molecule has 1 N–H and O–H groups in total. The summed E-state index contributed by atoms with van der Waals surface area (Å²) in [5, 5.41) is 17.4. The van der Waals surface area contributed by atoms with Gasteiger partial charge in [-0.15, -0.1) is 0 Å². The Balaban J connectivity index is 2.40. The number of rotatable bonds is 2. The molecule has 0 bridgehead atoms. The van der Waals surface area contributed by atoms with Crippen molar-refractivity contribution in [2.45, 2.75) is 6.92 Å². The van der Waals surface area contributed by atoms with Crippen LogP contribution < -0.4 is 5.32 Å². The molecule has 0 aliphatic heterocycles. The minimum atomic E-state index is 0.457. The van der Waals surface area contributed by atoms with E-state index in [9.17, 15) is 0 Å². The number of nitriles is 1. The normalized spacial score (nSPS) is 10.2. The Morgan fingerprint density at radius 3 is 2.67 bits per heavy atom. The summed E-state index contributed by atoms with van der Waals surface area (Å²) in [5.41, 5.74) is 1.95. The Hall–Kier alpha value is -1.70. The van der Waals surface area contributed by atoms with E-state index in [4.69, 9.17) is 28.5 Å². The molecule has 0 aliphatic rings. The lowest BCUT2D eigenvalue weighted by Gasteiger charge is -2.08. The summed E-state index contributed by atoms with van der Waals surface area (Å²) in [6.07, 6.45) is 0.